The molecule has 0 atom stereocenters. The van der Waals surface area contributed by atoms with E-state index in [1.165, 1.54) is 18.2 Å². The SMILES string of the molecule is COc1cc(/C=C2\C(=O)NN(c3ccccc3)C2=O)ccc1OCc1ccccc1C#N. The van der Waals surface area contributed by atoms with Crippen LogP contribution in [0.2, 0.25) is 0 Å². The van der Waals surface area contributed by atoms with Crippen molar-refractivity contribution in [1.82, 2.24) is 5.43 Å². The summed E-state index contributed by atoms with van der Waals surface area (Å²) in [7, 11) is 1.51. The maximum atomic E-state index is 12.8. The Hall–Kier alpha value is -4.57. The molecular weight excluding hydrogens is 406 g/mol. The number of carbonyl (C=O) groups is 2. The molecule has 2 amide bonds. The van der Waals surface area contributed by atoms with E-state index >= 15 is 0 Å². The van der Waals surface area contributed by atoms with Crippen LogP contribution in [0.5, 0.6) is 11.5 Å². The van der Waals surface area contributed by atoms with E-state index in [1.54, 1.807) is 54.6 Å². The van der Waals surface area contributed by atoms with Gasteiger partial charge < -0.3 is 9.47 Å². The van der Waals surface area contributed by atoms with Gasteiger partial charge in [-0.3, -0.25) is 15.0 Å². The molecule has 1 aliphatic heterocycles. The number of benzene rings is 3. The maximum Gasteiger partial charge on any atom is 0.282 e. The van der Waals surface area contributed by atoms with Gasteiger partial charge >= 0.3 is 0 Å². The van der Waals surface area contributed by atoms with Crippen LogP contribution in [0.3, 0.4) is 0 Å². The van der Waals surface area contributed by atoms with Gasteiger partial charge in [-0.2, -0.15) is 5.26 Å². The molecule has 3 aromatic carbocycles. The summed E-state index contributed by atoms with van der Waals surface area (Å²) >= 11 is 0. The predicted octanol–water partition coefficient (Wildman–Crippen LogP) is 3.61. The molecule has 4 rings (SSSR count). The molecule has 32 heavy (non-hydrogen) atoms. The Morgan fingerprint density at radius 1 is 1.00 bits per heavy atom. The third kappa shape index (κ3) is 4.16. The summed E-state index contributed by atoms with van der Waals surface area (Å²) in [4.78, 5) is 25.1. The molecule has 1 heterocycles. The first-order valence-electron chi connectivity index (χ1n) is 9.81. The lowest BCUT2D eigenvalue weighted by molar-refractivity contribution is -0.117. The van der Waals surface area contributed by atoms with Crippen LogP contribution in [0.1, 0.15) is 16.7 Å². The number of amides is 2. The van der Waals surface area contributed by atoms with Crippen molar-refractivity contribution >= 4 is 23.6 Å². The monoisotopic (exact) mass is 425 g/mol. The fourth-order valence-electron chi connectivity index (χ4n) is 3.29. The number of hydrogen-bond donors (Lipinski definition) is 1. The van der Waals surface area contributed by atoms with E-state index in [-0.39, 0.29) is 12.2 Å². The van der Waals surface area contributed by atoms with E-state index in [0.29, 0.717) is 28.3 Å². The number of para-hydroxylation sites is 1. The number of nitrogens with one attached hydrogen (secondary N) is 1. The molecule has 1 N–H and O–H groups in total. The predicted molar refractivity (Wildman–Crippen MR) is 119 cm³/mol. The number of nitrogens with zero attached hydrogens (tertiary/aromatic N) is 2. The first-order valence-corrected chi connectivity index (χ1v) is 9.81. The fraction of sp³-hybridized carbons (Fsp3) is 0.0800. The van der Waals surface area contributed by atoms with Crippen molar-refractivity contribution in [2.45, 2.75) is 6.61 Å². The summed E-state index contributed by atoms with van der Waals surface area (Å²) in [5.74, 6) is 0.00919. The molecule has 0 spiro atoms. The molecule has 0 unspecified atom stereocenters. The van der Waals surface area contributed by atoms with Crippen molar-refractivity contribution in [1.29, 1.82) is 5.26 Å². The topological polar surface area (TPSA) is 91.7 Å². The highest BCUT2D eigenvalue weighted by atomic mass is 16.5. The van der Waals surface area contributed by atoms with Gasteiger partial charge in [0.1, 0.15) is 12.2 Å². The Morgan fingerprint density at radius 3 is 2.50 bits per heavy atom. The summed E-state index contributed by atoms with van der Waals surface area (Å²) in [6.07, 6.45) is 1.51. The van der Waals surface area contributed by atoms with Crippen LogP contribution in [0, 0.1) is 11.3 Å². The van der Waals surface area contributed by atoms with Gasteiger partial charge in [-0.05, 0) is 42.0 Å². The van der Waals surface area contributed by atoms with Crippen LogP contribution >= 0.6 is 0 Å². The summed E-state index contributed by atoms with van der Waals surface area (Å²) in [5, 5.41) is 10.4. The van der Waals surface area contributed by atoms with Gasteiger partial charge in [-0.25, -0.2) is 5.01 Å². The van der Waals surface area contributed by atoms with Gasteiger partial charge in [0.15, 0.2) is 11.5 Å². The molecular formula is C25H19N3O4. The zero-order chi connectivity index (χ0) is 22.5. The van der Waals surface area contributed by atoms with Gasteiger partial charge in [0.05, 0.1) is 24.4 Å². The molecule has 3 aromatic rings. The minimum atomic E-state index is -0.480. The zero-order valence-corrected chi connectivity index (χ0v) is 17.2. The van der Waals surface area contributed by atoms with E-state index in [2.05, 4.69) is 11.5 Å². The molecule has 1 saturated heterocycles. The number of hydrogen-bond acceptors (Lipinski definition) is 5. The molecule has 1 aliphatic rings. The van der Waals surface area contributed by atoms with E-state index < -0.39 is 11.8 Å². The second-order valence-corrected chi connectivity index (χ2v) is 6.94. The van der Waals surface area contributed by atoms with Crippen molar-refractivity contribution in [2.75, 3.05) is 12.1 Å². The van der Waals surface area contributed by atoms with Crippen molar-refractivity contribution in [3.63, 3.8) is 0 Å². The lowest BCUT2D eigenvalue weighted by Crippen LogP contribution is -2.35. The third-order valence-electron chi connectivity index (χ3n) is 4.93. The molecule has 0 bridgehead atoms. The Morgan fingerprint density at radius 2 is 1.75 bits per heavy atom. The summed E-state index contributed by atoms with van der Waals surface area (Å²) in [6, 6.07) is 23.3. The Bertz CT molecular complexity index is 1250. The van der Waals surface area contributed by atoms with Gasteiger partial charge in [0.2, 0.25) is 0 Å². The van der Waals surface area contributed by atoms with Crippen molar-refractivity contribution in [2.24, 2.45) is 0 Å². The molecule has 0 saturated carbocycles. The second kappa shape index (κ2) is 9.06. The highest BCUT2D eigenvalue weighted by molar-refractivity contribution is 6.31. The Balaban J connectivity index is 1.55. The number of hydrazine groups is 1. The molecule has 0 aliphatic carbocycles. The number of anilines is 1. The molecule has 0 radical (unpaired) electrons. The van der Waals surface area contributed by atoms with E-state index in [9.17, 15) is 14.9 Å². The first-order chi connectivity index (χ1) is 15.6. The maximum absolute atomic E-state index is 12.8. The average Bonchev–Trinajstić information content (AvgIpc) is 3.12. The number of carbonyl (C=O) groups excluding carboxylic acids is 2. The highest BCUT2D eigenvalue weighted by Crippen LogP contribution is 2.30. The summed E-state index contributed by atoms with van der Waals surface area (Å²) in [6.45, 7) is 0.202. The average molecular weight is 425 g/mol. The normalized spacial score (nSPS) is 14.2. The van der Waals surface area contributed by atoms with Crippen LogP contribution in [-0.4, -0.2) is 18.9 Å². The van der Waals surface area contributed by atoms with E-state index in [1.807, 2.05) is 18.2 Å². The molecule has 7 nitrogen and oxygen atoms in total. The lowest BCUT2D eigenvalue weighted by atomic mass is 10.1. The van der Waals surface area contributed by atoms with Crippen LogP contribution in [0.15, 0.2) is 78.4 Å². The minimum Gasteiger partial charge on any atom is -0.493 e. The number of nitriles is 1. The third-order valence-corrected chi connectivity index (χ3v) is 4.93. The fourth-order valence-corrected chi connectivity index (χ4v) is 3.29. The lowest BCUT2D eigenvalue weighted by Gasteiger charge is -2.14. The summed E-state index contributed by atoms with van der Waals surface area (Å²) in [5.41, 5.74) is 5.09. The second-order valence-electron chi connectivity index (χ2n) is 6.94. The van der Waals surface area contributed by atoms with Crippen LogP contribution in [-0.2, 0) is 16.2 Å². The summed E-state index contributed by atoms with van der Waals surface area (Å²) < 4.78 is 11.3. The standard InChI is InChI=1S/C25H19N3O4/c1-31-23-14-17(11-12-22(23)32-16-19-8-6-5-7-18(19)15-26)13-21-24(29)27-28(25(21)30)20-9-3-2-4-10-20/h2-14H,16H2,1H3,(H,27,29)/b21-13+. The minimum absolute atomic E-state index is 0.0209. The Labute approximate surface area is 185 Å². The smallest absolute Gasteiger partial charge is 0.282 e. The number of ether oxygens (including phenoxy) is 2. The molecule has 1 fully saturated rings. The first kappa shape index (κ1) is 20.7. The highest BCUT2D eigenvalue weighted by Gasteiger charge is 2.34. The van der Waals surface area contributed by atoms with Gasteiger partial charge in [0.25, 0.3) is 11.8 Å². The van der Waals surface area contributed by atoms with Gasteiger partial charge in [-0.15, -0.1) is 0 Å². The zero-order valence-electron chi connectivity index (χ0n) is 17.2. The number of rotatable bonds is 6. The van der Waals surface area contributed by atoms with Crippen molar-refractivity contribution in [3.05, 3.63) is 95.1 Å². The largest absolute Gasteiger partial charge is 0.493 e. The van der Waals surface area contributed by atoms with Gasteiger partial charge in [0, 0.05) is 5.56 Å². The molecule has 7 heteroatoms. The molecule has 0 aromatic heterocycles. The van der Waals surface area contributed by atoms with Crippen molar-refractivity contribution < 1.29 is 19.1 Å². The van der Waals surface area contributed by atoms with Crippen LogP contribution < -0.4 is 19.9 Å². The van der Waals surface area contributed by atoms with Crippen LogP contribution in [0.4, 0.5) is 5.69 Å². The quantitative estimate of drug-likeness (QED) is 0.481. The van der Waals surface area contributed by atoms with Crippen molar-refractivity contribution in [3.8, 4) is 17.6 Å². The van der Waals surface area contributed by atoms with Crippen LogP contribution in [0.25, 0.3) is 6.08 Å². The molecule has 158 valence electrons. The van der Waals surface area contributed by atoms with E-state index in [0.717, 1.165) is 5.56 Å². The Kier molecular flexibility index (Phi) is 5.86. The number of methoxy groups -OCH3 is 1. The van der Waals surface area contributed by atoms with Gasteiger partial charge in [-0.1, -0.05) is 42.5 Å². The van der Waals surface area contributed by atoms with E-state index in [4.69, 9.17) is 9.47 Å².